The van der Waals surface area contributed by atoms with E-state index in [4.69, 9.17) is 34.8 Å². The van der Waals surface area contributed by atoms with E-state index < -0.39 is 22.6 Å². The van der Waals surface area contributed by atoms with Gasteiger partial charge in [0.2, 0.25) is 11.8 Å². The number of nitrogens with zero attached hydrogens (tertiary/aromatic N) is 2. The molecule has 3 aromatic carbocycles. The van der Waals surface area contributed by atoms with Gasteiger partial charge in [-0.05, 0) is 48.0 Å². The average molecular weight is 585 g/mol. The van der Waals surface area contributed by atoms with Gasteiger partial charge in [-0.3, -0.25) is 14.6 Å². The number of alkyl halides is 3. The van der Waals surface area contributed by atoms with Crippen LogP contribution in [0.3, 0.4) is 0 Å². The summed E-state index contributed by atoms with van der Waals surface area (Å²) in [4.78, 5) is 31.6. The van der Waals surface area contributed by atoms with E-state index in [-0.39, 0.29) is 17.9 Å². The zero-order chi connectivity index (χ0) is 26.6. The number of rotatable bonds is 7. The highest BCUT2D eigenvalue weighted by Gasteiger charge is 2.41. The third-order valence-electron chi connectivity index (χ3n) is 5.05. The molecule has 0 spiro atoms. The molecule has 0 saturated carbocycles. The van der Waals surface area contributed by atoms with Crippen molar-refractivity contribution in [2.24, 2.45) is 4.99 Å². The summed E-state index contributed by atoms with van der Waals surface area (Å²) in [6, 6.07) is 19.6. The van der Waals surface area contributed by atoms with Crippen LogP contribution in [0.25, 0.3) is 0 Å². The van der Waals surface area contributed by atoms with Gasteiger partial charge in [0.25, 0.3) is 0 Å². The first-order valence-corrected chi connectivity index (χ1v) is 12.8. The Labute approximate surface area is 230 Å². The van der Waals surface area contributed by atoms with Crippen LogP contribution in [0, 0.1) is 0 Å². The SMILES string of the molecule is O=C1CC(SC(=NCc2ccccc2)Nc2ccc(OC(F)(F)Cl)cc2)C(=O)N1c1cc(Cl)cc(Cl)c1. The summed E-state index contributed by atoms with van der Waals surface area (Å²) in [5.41, 5.74) is -2.11. The molecule has 4 rings (SSSR count). The number of carbonyl (C=O) groups is 2. The van der Waals surface area contributed by atoms with Crippen LogP contribution in [0.4, 0.5) is 20.2 Å². The van der Waals surface area contributed by atoms with Crippen molar-refractivity contribution in [3.63, 3.8) is 0 Å². The maximum Gasteiger partial charge on any atom is 0.487 e. The Kier molecular flexibility index (Phi) is 8.59. The number of aliphatic imine (C=N–C) groups is 1. The van der Waals surface area contributed by atoms with Gasteiger partial charge < -0.3 is 10.1 Å². The normalized spacial score (nSPS) is 16.3. The number of anilines is 2. The van der Waals surface area contributed by atoms with Gasteiger partial charge in [-0.15, -0.1) is 8.78 Å². The van der Waals surface area contributed by atoms with Crippen molar-refractivity contribution >= 4 is 74.9 Å². The minimum absolute atomic E-state index is 0.0583. The van der Waals surface area contributed by atoms with E-state index in [0.717, 1.165) is 22.2 Å². The van der Waals surface area contributed by atoms with E-state index in [2.05, 4.69) is 15.0 Å². The summed E-state index contributed by atoms with van der Waals surface area (Å²) in [6.07, 6.45) is -0.0583. The van der Waals surface area contributed by atoms with Gasteiger partial charge in [0.05, 0.1) is 12.2 Å². The maximum absolute atomic E-state index is 13.2. The largest absolute Gasteiger partial charge is 0.487 e. The molecule has 0 aromatic heterocycles. The predicted molar refractivity (Wildman–Crippen MR) is 144 cm³/mol. The first kappa shape index (κ1) is 27.2. The lowest BCUT2D eigenvalue weighted by Gasteiger charge is -2.17. The lowest BCUT2D eigenvalue weighted by atomic mass is 10.2. The molecule has 1 aliphatic rings. The molecule has 1 unspecified atom stereocenters. The number of ether oxygens (including phenoxy) is 1. The summed E-state index contributed by atoms with van der Waals surface area (Å²) >= 11 is 18.0. The molecule has 1 heterocycles. The van der Waals surface area contributed by atoms with Gasteiger partial charge >= 0.3 is 5.57 Å². The average Bonchev–Trinajstić information content (AvgIpc) is 3.10. The second-order valence-corrected chi connectivity index (χ2v) is 10.3. The number of carbonyl (C=O) groups excluding carboxylic acids is 2. The summed E-state index contributed by atoms with van der Waals surface area (Å²) < 4.78 is 30.1. The van der Waals surface area contributed by atoms with Gasteiger partial charge in [0, 0.05) is 33.8 Å². The molecule has 1 atom stereocenters. The Morgan fingerprint density at radius 1 is 1.05 bits per heavy atom. The fraction of sp³-hybridized carbons (Fsp3) is 0.160. The topological polar surface area (TPSA) is 71.0 Å². The van der Waals surface area contributed by atoms with E-state index in [1.807, 2.05) is 30.3 Å². The molecule has 1 saturated heterocycles. The van der Waals surface area contributed by atoms with E-state index in [1.165, 1.54) is 42.5 Å². The molecule has 2 amide bonds. The van der Waals surface area contributed by atoms with Crippen LogP contribution < -0.4 is 15.0 Å². The number of imide groups is 1. The number of hydrogen-bond acceptors (Lipinski definition) is 5. The van der Waals surface area contributed by atoms with Crippen LogP contribution >= 0.6 is 46.6 Å². The fourth-order valence-corrected chi connectivity index (χ4v) is 5.11. The molecule has 0 bridgehead atoms. The van der Waals surface area contributed by atoms with Crippen molar-refractivity contribution < 1.29 is 23.1 Å². The Bertz CT molecular complexity index is 1300. The molecule has 1 fully saturated rings. The number of nitrogens with one attached hydrogen (secondary N) is 1. The molecule has 1 aliphatic heterocycles. The van der Waals surface area contributed by atoms with Crippen molar-refractivity contribution in [2.45, 2.75) is 23.8 Å². The number of amides is 2. The number of amidine groups is 1. The second kappa shape index (κ2) is 11.7. The van der Waals surface area contributed by atoms with Gasteiger partial charge in [-0.2, -0.15) is 0 Å². The van der Waals surface area contributed by atoms with Gasteiger partial charge in [-0.1, -0.05) is 65.3 Å². The minimum Gasteiger partial charge on any atom is -0.420 e. The lowest BCUT2D eigenvalue weighted by molar-refractivity contribution is -0.121. The molecule has 192 valence electrons. The smallest absolute Gasteiger partial charge is 0.420 e. The Hall–Kier alpha value is -2.85. The Morgan fingerprint density at radius 2 is 1.70 bits per heavy atom. The lowest BCUT2D eigenvalue weighted by Crippen LogP contribution is -2.31. The van der Waals surface area contributed by atoms with Gasteiger partial charge in [0.15, 0.2) is 5.17 Å². The molecule has 6 nitrogen and oxygen atoms in total. The molecular weight excluding hydrogens is 567 g/mol. The highest BCUT2D eigenvalue weighted by Crippen LogP contribution is 2.34. The van der Waals surface area contributed by atoms with Crippen LogP contribution in [0.2, 0.25) is 10.0 Å². The van der Waals surface area contributed by atoms with E-state index >= 15 is 0 Å². The zero-order valence-corrected chi connectivity index (χ0v) is 21.9. The highest BCUT2D eigenvalue weighted by atomic mass is 35.5. The minimum atomic E-state index is -3.83. The van der Waals surface area contributed by atoms with Crippen molar-refractivity contribution in [3.8, 4) is 5.75 Å². The van der Waals surface area contributed by atoms with E-state index in [1.54, 1.807) is 0 Å². The molecule has 0 aliphatic carbocycles. The van der Waals surface area contributed by atoms with Crippen molar-refractivity contribution in [3.05, 3.63) is 88.4 Å². The van der Waals surface area contributed by atoms with Crippen LogP contribution in [0.15, 0.2) is 77.8 Å². The van der Waals surface area contributed by atoms with Crippen LogP contribution in [-0.4, -0.2) is 27.8 Å². The molecule has 12 heteroatoms. The summed E-state index contributed by atoms with van der Waals surface area (Å²) in [5, 5.41) is 3.28. The third kappa shape index (κ3) is 7.58. The van der Waals surface area contributed by atoms with Crippen molar-refractivity contribution in [1.82, 2.24) is 0 Å². The maximum atomic E-state index is 13.2. The Morgan fingerprint density at radius 3 is 2.32 bits per heavy atom. The second-order valence-electron chi connectivity index (χ2n) is 7.81. The van der Waals surface area contributed by atoms with Crippen molar-refractivity contribution in [1.29, 1.82) is 0 Å². The van der Waals surface area contributed by atoms with Gasteiger partial charge in [-0.25, -0.2) is 4.90 Å². The summed E-state index contributed by atoms with van der Waals surface area (Å²) in [5.74, 6) is -0.962. The third-order valence-corrected chi connectivity index (χ3v) is 6.67. The molecule has 3 aromatic rings. The first-order valence-electron chi connectivity index (χ1n) is 10.8. The van der Waals surface area contributed by atoms with Crippen LogP contribution in [-0.2, 0) is 16.1 Å². The Balaban J connectivity index is 1.54. The predicted octanol–water partition coefficient (Wildman–Crippen LogP) is 7.19. The van der Waals surface area contributed by atoms with Crippen LogP contribution in [0.5, 0.6) is 5.75 Å². The molecule has 37 heavy (non-hydrogen) atoms. The standard InChI is InChI=1S/C25H18Cl3F2N3O3S/c26-16-10-17(27)12-19(11-16)33-22(34)13-21(23(33)35)37-24(31-14-15-4-2-1-3-5-15)32-18-6-8-20(9-7-18)36-25(28,29)30/h1-12,21H,13-14H2,(H,31,32). The zero-order valence-electron chi connectivity index (χ0n) is 18.8. The van der Waals surface area contributed by atoms with Crippen molar-refractivity contribution in [2.75, 3.05) is 10.2 Å². The molecular formula is C25H18Cl3F2N3O3S. The van der Waals surface area contributed by atoms with E-state index in [0.29, 0.717) is 27.4 Å². The number of thioether (sulfide) groups is 1. The highest BCUT2D eigenvalue weighted by molar-refractivity contribution is 8.15. The van der Waals surface area contributed by atoms with Crippen LogP contribution in [0.1, 0.15) is 12.0 Å². The molecule has 0 radical (unpaired) electrons. The monoisotopic (exact) mass is 583 g/mol. The summed E-state index contributed by atoms with van der Waals surface area (Å²) in [6.45, 7) is 0.304. The number of hydrogen-bond donors (Lipinski definition) is 1. The summed E-state index contributed by atoms with van der Waals surface area (Å²) in [7, 11) is 0. The van der Waals surface area contributed by atoms with Gasteiger partial charge in [0.1, 0.15) is 11.0 Å². The quantitative estimate of drug-likeness (QED) is 0.138. The number of benzene rings is 3. The molecule has 1 N–H and O–H groups in total. The first-order chi connectivity index (χ1) is 17.6. The fourth-order valence-electron chi connectivity index (χ4n) is 3.49. The van der Waals surface area contributed by atoms with E-state index in [9.17, 15) is 18.4 Å². The number of halogens is 5.